The first-order valence-corrected chi connectivity index (χ1v) is 6.73. The number of hydrogen-bond acceptors (Lipinski definition) is 4. The highest BCUT2D eigenvalue weighted by Gasteiger charge is 2.15. The summed E-state index contributed by atoms with van der Waals surface area (Å²) in [6.45, 7) is 2.20. The normalized spacial score (nSPS) is 11.7. The molecule has 21 heavy (non-hydrogen) atoms. The van der Waals surface area contributed by atoms with E-state index in [1.54, 1.807) is 18.9 Å². The number of carbonyl (C=O) groups is 1. The first-order valence-electron chi connectivity index (χ1n) is 6.73. The summed E-state index contributed by atoms with van der Waals surface area (Å²) in [6, 6.07) is 11.6. The summed E-state index contributed by atoms with van der Waals surface area (Å²) in [5.41, 5.74) is 1.47. The first kappa shape index (κ1) is 14.8. The van der Waals surface area contributed by atoms with Gasteiger partial charge in [-0.25, -0.2) is 4.98 Å². The van der Waals surface area contributed by atoms with E-state index in [4.69, 9.17) is 9.68 Å². The molecule has 2 rings (SSSR count). The van der Waals surface area contributed by atoms with Gasteiger partial charge in [-0.1, -0.05) is 18.2 Å². The van der Waals surface area contributed by atoms with Crippen LogP contribution < -0.4 is 0 Å². The molecular weight excluding hydrogens is 266 g/mol. The van der Waals surface area contributed by atoms with Crippen LogP contribution in [0.25, 0.3) is 11.5 Å². The van der Waals surface area contributed by atoms with Crippen LogP contribution in [0.4, 0.5) is 0 Å². The van der Waals surface area contributed by atoms with Crippen molar-refractivity contribution < 1.29 is 9.21 Å². The molecule has 0 bridgehead atoms. The molecule has 1 atom stereocenters. The summed E-state index contributed by atoms with van der Waals surface area (Å²) in [5.74, 6) is 0.243. The number of likely N-dealkylation sites (N-methyl/N-ethyl adjacent to an activating group) is 1. The minimum absolute atomic E-state index is 0.0787. The molecule has 0 aliphatic rings. The number of rotatable bonds is 5. The molecule has 0 saturated carbocycles. The van der Waals surface area contributed by atoms with Crippen molar-refractivity contribution in [2.24, 2.45) is 5.92 Å². The van der Waals surface area contributed by atoms with E-state index in [1.807, 2.05) is 30.3 Å². The molecule has 0 aliphatic heterocycles. The Balaban J connectivity index is 2.00. The average Bonchev–Trinajstić information content (AvgIpc) is 2.96. The summed E-state index contributed by atoms with van der Waals surface area (Å²) < 4.78 is 5.40. The van der Waals surface area contributed by atoms with Crippen molar-refractivity contribution in [3.05, 3.63) is 42.3 Å². The van der Waals surface area contributed by atoms with Gasteiger partial charge in [-0.2, -0.15) is 5.26 Å². The molecule has 5 nitrogen and oxygen atoms in total. The van der Waals surface area contributed by atoms with E-state index in [0.29, 0.717) is 18.1 Å². The molecule has 108 valence electrons. The fourth-order valence-corrected chi connectivity index (χ4v) is 1.94. The number of amides is 1. The molecule has 0 N–H and O–H groups in total. The van der Waals surface area contributed by atoms with Crippen molar-refractivity contribution in [2.75, 3.05) is 13.6 Å². The van der Waals surface area contributed by atoms with Gasteiger partial charge in [-0.3, -0.25) is 4.79 Å². The van der Waals surface area contributed by atoms with E-state index in [-0.39, 0.29) is 18.2 Å². The van der Waals surface area contributed by atoms with Gasteiger partial charge in [0, 0.05) is 19.2 Å². The Morgan fingerprint density at radius 2 is 2.14 bits per heavy atom. The Hall–Kier alpha value is -2.61. The third-order valence-electron chi connectivity index (χ3n) is 3.10. The van der Waals surface area contributed by atoms with Crippen LogP contribution in [-0.4, -0.2) is 29.4 Å². The van der Waals surface area contributed by atoms with Gasteiger partial charge in [0.05, 0.1) is 24.1 Å². The smallest absolute Gasteiger partial charge is 0.228 e. The molecule has 0 spiro atoms. The summed E-state index contributed by atoms with van der Waals surface area (Å²) >= 11 is 0. The third-order valence-corrected chi connectivity index (χ3v) is 3.10. The van der Waals surface area contributed by atoms with Crippen LogP contribution in [0.15, 0.2) is 41.0 Å². The molecule has 0 fully saturated rings. The molecule has 1 heterocycles. The number of nitriles is 1. The third kappa shape index (κ3) is 3.93. The van der Waals surface area contributed by atoms with E-state index in [2.05, 4.69) is 11.1 Å². The van der Waals surface area contributed by atoms with Gasteiger partial charge < -0.3 is 9.32 Å². The largest absolute Gasteiger partial charge is 0.444 e. The van der Waals surface area contributed by atoms with Crippen LogP contribution in [0.1, 0.15) is 12.6 Å². The van der Waals surface area contributed by atoms with Crippen molar-refractivity contribution in [3.63, 3.8) is 0 Å². The second kappa shape index (κ2) is 6.71. The van der Waals surface area contributed by atoms with Crippen molar-refractivity contribution in [1.29, 1.82) is 5.26 Å². The van der Waals surface area contributed by atoms with Crippen molar-refractivity contribution in [1.82, 2.24) is 9.88 Å². The van der Waals surface area contributed by atoms with Gasteiger partial charge in [0.25, 0.3) is 0 Å². The monoisotopic (exact) mass is 283 g/mol. The number of benzene rings is 1. The zero-order chi connectivity index (χ0) is 15.2. The van der Waals surface area contributed by atoms with Crippen molar-refractivity contribution in [2.45, 2.75) is 13.3 Å². The number of nitrogens with zero attached hydrogens (tertiary/aromatic N) is 3. The van der Waals surface area contributed by atoms with Crippen LogP contribution >= 0.6 is 0 Å². The van der Waals surface area contributed by atoms with Crippen LogP contribution in [0.2, 0.25) is 0 Å². The molecule has 1 aromatic heterocycles. The number of oxazole rings is 1. The summed E-state index contributed by atoms with van der Waals surface area (Å²) in [5, 5.41) is 8.77. The Morgan fingerprint density at radius 1 is 1.43 bits per heavy atom. The van der Waals surface area contributed by atoms with E-state index in [0.717, 1.165) is 5.56 Å². The fraction of sp³-hybridized carbons (Fsp3) is 0.312. The molecule has 0 aliphatic carbocycles. The minimum atomic E-state index is -0.184. The minimum Gasteiger partial charge on any atom is -0.444 e. The van der Waals surface area contributed by atoms with E-state index < -0.39 is 0 Å². The highest BCUT2D eigenvalue weighted by molar-refractivity contribution is 5.78. The second-order valence-electron chi connectivity index (χ2n) is 4.99. The van der Waals surface area contributed by atoms with E-state index >= 15 is 0 Å². The number of hydrogen-bond donors (Lipinski definition) is 0. The standard InChI is InChI=1S/C16H17N3O2/c1-12(9-17)10-19(2)15(20)8-14-11-21-16(18-14)13-6-4-3-5-7-13/h3-7,11-12H,8,10H2,1-2H3. The lowest BCUT2D eigenvalue weighted by Crippen LogP contribution is -2.31. The van der Waals surface area contributed by atoms with Gasteiger partial charge in [-0.05, 0) is 19.1 Å². The zero-order valence-corrected chi connectivity index (χ0v) is 12.1. The SMILES string of the molecule is CC(C#N)CN(C)C(=O)Cc1coc(-c2ccccc2)n1. The predicted octanol–water partition coefficient (Wildman–Crippen LogP) is 2.50. The fourth-order valence-electron chi connectivity index (χ4n) is 1.94. The molecule has 1 unspecified atom stereocenters. The maximum Gasteiger partial charge on any atom is 0.228 e. The Bertz CT molecular complexity index is 643. The molecule has 0 saturated heterocycles. The predicted molar refractivity (Wildman–Crippen MR) is 78.1 cm³/mol. The van der Waals surface area contributed by atoms with Crippen LogP contribution in [-0.2, 0) is 11.2 Å². The molecular formula is C16H17N3O2. The Labute approximate surface area is 123 Å². The molecule has 2 aromatic rings. The number of aromatic nitrogens is 1. The topological polar surface area (TPSA) is 70.1 Å². The molecule has 0 radical (unpaired) electrons. The van der Waals surface area contributed by atoms with Gasteiger partial charge in [0.1, 0.15) is 6.26 Å². The van der Waals surface area contributed by atoms with Crippen LogP contribution in [0.5, 0.6) is 0 Å². The zero-order valence-electron chi connectivity index (χ0n) is 12.1. The summed E-state index contributed by atoms with van der Waals surface area (Å²) in [7, 11) is 1.69. The quantitative estimate of drug-likeness (QED) is 0.845. The molecule has 1 amide bonds. The Kier molecular flexibility index (Phi) is 4.72. The first-order chi connectivity index (χ1) is 10.1. The van der Waals surface area contributed by atoms with Gasteiger partial charge in [0.2, 0.25) is 11.8 Å². The Morgan fingerprint density at radius 3 is 2.81 bits per heavy atom. The van der Waals surface area contributed by atoms with Gasteiger partial charge >= 0.3 is 0 Å². The maximum atomic E-state index is 12.0. The van der Waals surface area contributed by atoms with Crippen LogP contribution in [0, 0.1) is 17.2 Å². The van der Waals surface area contributed by atoms with E-state index in [1.165, 1.54) is 6.26 Å². The molecule has 5 heteroatoms. The lowest BCUT2D eigenvalue weighted by molar-refractivity contribution is -0.129. The number of carbonyl (C=O) groups excluding carboxylic acids is 1. The molecule has 1 aromatic carbocycles. The van der Waals surface area contributed by atoms with E-state index in [9.17, 15) is 4.79 Å². The van der Waals surface area contributed by atoms with Crippen molar-refractivity contribution in [3.8, 4) is 17.5 Å². The highest BCUT2D eigenvalue weighted by Crippen LogP contribution is 2.18. The summed E-state index contributed by atoms with van der Waals surface area (Å²) in [4.78, 5) is 17.9. The summed E-state index contributed by atoms with van der Waals surface area (Å²) in [6.07, 6.45) is 1.67. The van der Waals surface area contributed by atoms with Crippen LogP contribution in [0.3, 0.4) is 0 Å². The lowest BCUT2D eigenvalue weighted by atomic mass is 10.2. The lowest BCUT2D eigenvalue weighted by Gasteiger charge is -2.17. The highest BCUT2D eigenvalue weighted by atomic mass is 16.3. The van der Waals surface area contributed by atoms with Gasteiger partial charge in [-0.15, -0.1) is 0 Å². The average molecular weight is 283 g/mol. The maximum absolute atomic E-state index is 12.0. The van der Waals surface area contributed by atoms with Crippen molar-refractivity contribution >= 4 is 5.91 Å². The second-order valence-corrected chi connectivity index (χ2v) is 4.99. The van der Waals surface area contributed by atoms with Gasteiger partial charge in [0.15, 0.2) is 0 Å².